The van der Waals surface area contributed by atoms with Crippen LogP contribution in [-0.4, -0.2) is 20.3 Å². The number of pyridine rings is 1. The SMILES string of the molecule is Cc1nc([SiH3])c(C)c(C)c1CO. The van der Waals surface area contributed by atoms with E-state index in [1.807, 2.05) is 6.92 Å². The molecule has 1 heterocycles. The summed E-state index contributed by atoms with van der Waals surface area (Å²) < 4.78 is 0. The van der Waals surface area contributed by atoms with Crippen LogP contribution < -0.4 is 5.32 Å². The van der Waals surface area contributed by atoms with Gasteiger partial charge in [-0.3, -0.25) is 4.98 Å². The van der Waals surface area contributed by atoms with Crippen LogP contribution >= 0.6 is 0 Å². The van der Waals surface area contributed by atoms with Gasteiger partial charge in [-0.1, -0.05) is 0 Å². The van der Waals surface area contributed by atoms with E-state index in [1.165, 1.54) is 16.4 Å². The maximum Gasteiger partial charge on any atom is 0.0702 e. The Morgan fingerprint density at radius 3 is 2.33 bits per heavy atom. The zero-order valence-electron chi connectivity index (χ0n) is 8.10. The van der Waals surface area contributed by atoms with Gasteiger partial charge in [0.15, 0.2) is 0 Å². The van der Waals surface area contributed by atoms with Crippen molar-refractivity contribution in [2.75, 3.05) is 0 Å². The molecule has 1 aromatic rings. The molecule has 0 fully saturated rings. The Hall–Kier alpha value is -0.673. The molecule has 0 amide bonds. The minimum Gasteiger partial charge on any atom is -0.392 e. The molecular weight excluding hydrogens is 166 g/mol. The van der Waals surface area contributed by atoms with E-state index in [1.54, 1.807) is 0 Å². The van der Waals surface area contributed by atoms with E-state index in [9.17, 15) is 0 Å². The minimum atomic E-state index is 0.105. The van der Waals surface area contributed by atoms with Crippen LogP contribution in [0.4, 0.5) is 0 Å². The maximum atomic E-state index is 9.09. The highest BCUT2D eigenvalue weighted by Crippen LogP contribution is 2.12. The van der Waals surface area contributed by atoms with Crippen LogP contribution in [0.25, 0.3) is 0 Å². The molecule has 2 nitrogen and oxygen atoms in total. The predicted molar refractivity (Wildman–Crippen MR) is 53.9 cm³/mol. The summed E-state index contributed by atoms with van der Waals surface area (Å²) in [7, 11) is 0.981. The van der Waals surface area contributed by atoms with Crippen LogP contribution in [-0.2, 0) is 6.61 Å². The monoisotopic (exact) mass is 181 g/mol. The number of hydrogen-bond acceptors (Lipinski definition) is 2. The molecule has 0 aliphatic heterocycles. The molecule has 0 atom stereocenters. The lowest BCUT2D eigenvalue weighted by molar-refractivity contribution is 0.279. The fourth-order valence-corrected chi connectivity index (χ4v) is 2.12. The lowest BCUT2D eigenvalue weighted by Gasteiger charge is -2.11. The number of aryl methyl sites for hydroxylation is 1. The van der Waals surface area contributed by atoms with E-state index in [-0.39, 0.29) is 6.61 Å². The van der Waals surface area contributed by atoms with Gasteiger partial charge in [-0.15, -0.1) is 0 Å². The van der Waals surface area contributed by atoms with Crippen LogP contribution in [0.5, 0.6) is 0 Å². The van der Waals surface area contributed by atoms with Gasteiger partial charge in [0.25, 0.3) is 0 Å². The zero-order chi connectivity index (χ0) is 9.30. The Labute approximate surface area is 76.1 Å². The molecule has 0 aromatic carbocycles. The van der Waals surface area contributed by atoms with Crippen LogP contribution in [0, 0.1) is 20.8 Å². The minimum absolute atomic E-state index is 0.105. The molecule has 12 heavy (non-hydrogen) atoms. The molecular formula is C9H15NOSi. The third-order valence-electron chi connectivity index (χ3n) is 2.49. The molecule has 1 aromatic heterocycles. The first-order chi connectivity index (χ1) is 5.57. The summed E-state index contributed by atoms with van der Waals surface area (Å²) in [6, 6.07) is 0. The van der Waals surface area contributed by atoms with E-state index in [4.69, 9.17) is 5.11 Å². The topological polar surface area (TPSA) is 33.1 Å². The number of aliphatic hydroxyl groups excluding tert-OH is 1. The van der Waals surface area contributed by atoms with E-state index in [0.717, 1.165) is 21.5 Å². The first-order valence-corrected chi connectivity index (χ1v) is 5.12. The smallest absolute Gasteiger partial charge is 0.0702 e. The molecule has 3 heteroatoms. The standard InChI is InChI=1S/C9H15NOSi/c1-5-6(2)9(12)10-7(3)8(5)4-11/h11H,4H2,1-3,12H3. The average Bonchev–Trinajstić information content (AvgIpc) is 2.01. The lowest BCUT2D eigenvalue weighted by Crippen LogP contribution is -2.17. The largest absolute Gasteiger partial charge is 0.392 e. The van der Waals surface area contributed by atoms with E-state index in [2.05, 4.69) is 18.8 Å². The second-order valence-corrected chi connectivity index (χ2v) is 4.12. The molecule has 0 saturated heterocycles. The highest BCUT2D eigenvalue weighted by atomic mass is 28.1. The van der Waals surface area contributed by atoms with Gasteiger partial charge in [-0.05, 0) is 31.9 Å². The van der Waals surface area contributed by atoms with Crippen LogP contribution in [0.3, 0.4) is 0 Å². The molecule has 0 unspecified atom stereocenters. The van der Waals surface area contributed by atoms with Gasteiger partial charge < -0.3 is 5.11 Å². The Kier molecular flexibility index (Phi) is 2.64. The van der Waals surface area contributed by atoms with Crippen LogP contribution in [0.2, 0.25) is 0 Å². The number of aromatic nitrogens is 1. The zero-order valence-corrected chi connectivity index (χ0v) is 10.1. The molecule has 66 valence electrons. The Balaban J connectivity index is 3.40. The van der Waals surface area contributed by atoms with Gasteiger partial charge in [0.1, 0.15) is 0 Å². The van der Waals surface area contributed by atoms with Crippen molar-refractivity contribution >= 4 is 15.6 Å². The lowest BCUT2D eigenvalue weighted by atomic mass is 10.0. The Morgan fingerprint density at radius 1 is 1.25 bits per heavy atom. The maximum absolute atomic E-state index is 9.09. The first-order valence-electron chi connectivity index (χ1n) is 4.12. The average molecular weight is 181 g/mol. The van der Waals surface area contributed by atoms with Gasteiger partial charge in [0.2, 0.25) is 0 Å². The Morgan fingerprint density at radius 2 is 1.83 bits per heavy atom. The van der Waals surface area contributed by atoms with Gasteiger partial charge in [-0.2, -0.15) is 0 Å². The second kappa shape index (κ2) is 3.37. The van der Waals surface area contributed by atoms with Crippen molar-refractivity contribution in [2.45, 2.75) is 27.4 Å². The predicted octanol–water partition coefficient (Wildman–Crippen LogP) is -0.510. The van der Waals surface area contributed by atoms with Crippen molar-refractivity contribution in [3.8, 4) is 0 Å². The third-order valence-corrected chi connectivity index (χ3v) is 3.46. The number of hydrogen-bond donors (Lipinski definition) is 1. The molecule has 1 rings (SSSR count). The van der Waals surface area contributed by atoms with Crippen molar-refractivity contribution in [3.63, 3.8) is 0 Å². The van der Waals surface area contributed by atoms with Crippen molar-refractivity contribution in [1.82, 2.24) is 4.98 Å². The summed E-state index contributed by atoms with van der Waals surface area (Å²) in [6.45, 7) is 6.19. The van der Waals surface area contributed by atoms with Gasteiger partial charge in [0, 0.05) is 16.6 Å². The van der Waals surface area contributed by atoms with E-state index >= 15 is 0 Å². The Bertz CT molecular complexity index is 310. The second-order valence-electron chi connectivity index (χ2n) is 3.17. The molecule has 0 aliphatic carbocycles. The summed E-state index contributed by atoms with van der Waals surface area (Å²) >= 11 is 0. The molecule has 0 saturated carbocycles. The number of aliphatic hydroxyl groups is 1. The number of nitrogens with zero attached hydrogens (tertiary/aromatic N) is 1. The fourth-order valence-electron chi connectivity index (χ4n) is 1.40. The summed E-state index contributed by atoms with van der Waals surface area (Å²) in [6.07, 6.45) is 0. The van der Waals surface area contributed by atoms with E-state index in [0.29, 0.717) is 0 Å². The molecule has 0 aliphatic rings. The summed E-state index contributed by atoms with van der Waals surface area (Å²) in [4.78, 5) is 4.41. The van der Waals surface area contributed by atoms with Gasteiger partial charge in [0.05, 0.1) is 16.8 Å². The number of rotatable bonds is 1. The molecule has 0 radical (unpaired) electrons. The summed E-state index contributed by atoms with van der Waals surface area (Å²) in [5, 5.41) is 10.3. The fraction of sp³-hybridized carbons (Fsp3) is 0.444. The highest BCUT2D eigenvalue weighted by Gasteiger charge is 2.07. The van der Waals surface area contributed by atoms with Gasteiger partial charge >= 0.3 is 0 Å². The van der Waals surface area contributed by atoms with Crippen LogP contribution in [0.15, 0.2) is 0 Å². The normalized spacial score (nSPS) is 10.7. The van der Waals surface area contributed by atoms with Crippen molar-refractivity contribution in [2.24, 2.45) is 0 Å². The quantitative estimate of drug-likeness (QED) is 0.592. The molecule has 0 bridgehead atoms. The van der Waals surface area contributed by atoms with E-state index < -0.39 is 0 Å². The third kappa shape index (κ3) is 1.42. The van der Waals surface area contributed by atoms with Crippen LogP contribution in [0.1, 0.15) is 22.4 Å². The molecule has 1 N–H and O–H groups in total. The van der Waals surface area contributed by atoms with Crippen molar-refractivity contribution in [1.29, 1.82) is 0 Å². The first kappa shape index (κ1) is 9.42. The summed E-state index contributed by atoms with van der Waals surface area (Å²) in [5.41, 5.74) is 4.42. The summed E-state index contributed by atoms with van der Waals surface area (Å²) in [5.74, 6) is 0. The van der Waals surface area contributed by atoms with Crippen molar-refractivity contribution in [3.05, 3.63) is 22.4 Å². The van der Waals surface area contributed by atoms with Gasteiger partial charge in [-0.25, -0.2) is 0 Å². The van der Waals surface area contributed by atoms with Crippen molar-refractivity contribution < 1.29 is 5.11 Å². The highest BCUT2D eigenvalue weighted by molar-refractivity contribution is 6.31. The molecule has 0 spiro atoms.